The van der Waals surface area contributed by atoms with Crippen LogP contribution in [-0.2, 0) is 16.4 Å². The van der Waals surface area contributed by atoms with E-state index in [2.05, 4.69) is 5.32 Å². The molecule has 0 unspecified atom stereocenters. The van der Waals surface area contributed by atoms with Crippen molar-refractivity contribution < 1.29 is 13.2 Å². The number of nitrogens with zero attached hydrogens (tertiary/aromatic N) is 1. The van der Waals surface area contributed by atoms with Gasteiger partial charge in [0.1, 0.15) is 5.84 Å². The van der Waals surface area contributed by atoms with E-state index in [1.165, 1.54) is 6.07 Å². The second-order valence-corrected chi connectivity index (χ2v) is 9.39. The highest BCUT2D eigenvalue weighted by atomic mass is 32.2. The van der Waals surface area contributed by atoms with Crippen LogP contribution in [0.5, 0.6) is 0 Å². The lowest BCUT2D eigenvalue weighted by molar-refractivity contribution is 0.212. The van der Waals surface area contributed by atoms with E-state index < -0.39 is 9.84 Å². The summed E-state index contributed by atoms with van der Waals surface area (Å²) in [7, 11) is -3.52. The lowest BCUT2D eigenvalue weighted by Gasteiger charge is -2.22. The maximum atomic E-state index is 12.9. The van der Waals surface area contributed by atoms with Gasteiger partial charge in [-0.2, -0.15) is 0 Å². The molecule has 7 nitrogen and oxygen atoms in total. The van der Waals surface area contributed by atoms with Crippen molar-refractivity contribution >= 4 is 27.4 Å². The van der Waals surface area contributed by atoms with Gasteiger partial charge in [-0.1, -0.05) is 54.6 Å². The summed E-state index contributed by atoms with van der Waals surface area (Å²) in [5.74, 6) is -0.0360. The highest BCUT2D eigenvalue weighted by molar-refractivity contribution is 7.90. The van der Waals surface area contributed by atoms with Gasteiger partial charge in [0.2, 0.25) is 0 Å². The van der Waals surface area contributed by atoms with Crippen molar-refractivity contribution in [3.63, 3.8) is 0 Å². The van der Waals surface area contributed by atoms with Gasteiger partial charge >= 0.3 is 6.03 Å². The number of nitrogens with two attached hydrogens (primary N) is 1. The van der Waals surface area contributed by atoms with Crippen molar-refractivity contribution in [2.24, 2.45) is 5.73 Å². The van der Waals surface area contributed by atoms with Gasteiger partial charge in [0.15, 0.2) is 9.84 Å². The van der Waals surface area contributed by atoms with Gasteiger partial charge in [-0.3, -0.25) is 5.41 Å². The molecule has 0 aromatic heterocycles. The molecule has 3 rings (SSSR count). The van der Waals surface area contributed by atoms with Crippen molar-refractivity contribution in [1.29, 1.82) is 5.41 Å². The Kier molecular flexibility index (Phi) is 6.95. The molecule has 0 aliphatic rings. The number of anilines is 1. The first-order valence-corrected chi connectivity index (χ1v) is 12.0. The van der Waals surface area contributed by atoms with Crippen LogP contribution in [0, 0.1) is 5.41 Å². The Morgan fingerprint density at radius 3 is 2.38 bits per heavy atom. The van der Waals surface area contributed by atoms with E-state index in [0.29, 0.717) is 29.9 Å². The minimum atomic E-state index is -3.52. The molecule has 0 aliphatic carbocycles. The molecule has 0 saturated heterocycles. The lowest BCUT2D eigenvalue weighted by Crippen LogP contribution is -2.34. The van der Waals surface area contributed by atoms with Crippen molar-refractivity contribution in [3.05, 3.63) is 83.9 Å². The monoisotopic (exact) mass is 450 g/mol. The summed E-state index contributed by atoms with van der Waals surface area (Å²) in [4.78, 5) is 14.6. The number of carbonyl (C=O) groups excluding carboxylic acids is 1. The Bertz CT molecular complexity index is 1240. The van der Waals surface area contributed by atoms with Gasteiger partial charge < -0.3 is 16.0 Å². The Hall–Kier alpha value is -3.65. The number of sulfone groups is 1. The van der Waals surface area contributed by atoms with Gasteiger partial charge in [0, 0.05) is 36.2 Å². The molecule has 2 amide bonds. The van der Waals surface area contributed by atoms with Crippen molar-refractivity contribution in [2.45, 2.75) is 18.4 Å². The normalized spacial score (nSPS) is 11.1. The minimum Gasteiger partial charge on any atom is -0.384 e. The number of nitrogen functional groups attached to an aromatic ring is 1. The van der Waals surface area contributed by atoms with E-state index in [0.717, 1.165) is 17.4 Å². The predicted octanol–water partition coefficient (Wildman–Crippen LogP) is 4.10. The standard InChI is InChI=1S/C24H26N4O3S/c1-3-28(16-17-8-7-11-19(14-17)23(25)26)24(29)27-20-12-13-21(18-9-5-4-6-10-18)22(15-20)32(2,30)31/h4-15H,3,16H2,1-2H3,(H3,25,26)(H,27,29). The van der Waals surface area contributed by atoms with Crippen LogP contribution in [0.4, 0.5) is 10.5 Å². The number of hydrogen-bond donors (Lipinski definition) is 3. The molecule has 8 heteroatoms. The number of nitrogens with one attached hydrogen (secondary N) is 2. The zero-order chi connectivity index (χ0) is 23.3. The van der Waals surface area contributed by atoms with E-state index in [1.807, 2.05) is 43.3 Å². The molecular weight excluding hydrogens is 424 g/mol. The summed E-state index contributed by atoms with van der Waals surface area (Å²) in [6.07, 6.45) is 1.15. The second-order valence-electron chi connectivity index (χ2n) is 7.41. The molecule has 4 N–H and O–H groups in total. The average molecular weight is 451 g/mol. The number of benzene rings is 3. The van der Waals surface area contributed by atoms with Crippen LogP contribution in [0.25, 0.3) is 11.1 Å². The molecule has 0 atom stereocenters. The minimum absolute atomic E-state index is 0.0360. The van der Waals surface area contributed by atoms with E-state index in [1.54, 1.807) is 35.2 Å². The Labute approximate surface area is 188 Å². The maximum Gasteiger partial charge on any atom is 0.322 e. The van der Waals surface area contributed by atoms with Crippen LogP contribution in [0.3, 0.4) is 0 Å². The first kappa shape index (κ1) is 23.0. The molecular formula is C24H26N4O3S. The fourth-order valence-corrected chi connectivity index (χ4v) is 4.28. The van der Waals surface area contributed by atoms with Crippen LogP contribution >= 0.6 is 0 Å². The number of urea groups is 1. The molecule has 166 valence electrons. The average Bonchev–Trinajstić information content (AvgIpc) is 2.77. The van der Waals surface area contributed by atoms with Crippen LogP contribution < -0.4 is 11.1 Å². The summed E-state index contributed by atoms with van der Waals surface area (Å²) < 4.78 is 24.9. The van der Waals surface area contributed by atoms with Gasteiger partial charge in [-0.05, 0) is 36.2 Å². The van der Waals surface area contributed by atoms with Crippen LogP contribution in [0.2, 0.25) is 0 Å². The second kappa shape index (κ2) is 9.65. The van der Waals surface area contributed by atoms with E-state index in [9.17, 15) is 13.2 Å². The molecule has 3 aromatic carbocycles. The fraction of sp³-hybridized carbons (Fsp3) is 0.167. The zero-order valence-electron chi connectivity index (χ0n) is 18.0. The third kappa shape index (κ3) is 5.53. The molecule has 0 aliphatic heterocycles. The van der Waals surface area contributed by atoms with Crippen LogP contribution in [0.1, 0.15) is 18.1 Å². The molecule has 0 radical (unpaired) electrons. The quantitative estimate of drug-likeness (QED) is 0.371. The smallest absolute Gasteiger partial charge is 0.322 e. The molecule has 32 heavy (non-hydrogen) atoms. The Morgan fingerprint density at radius 2 is 1.75 bits per heavy atom. The molecule has 3 aromatic rings. The highest BCUT2D eigenvalue weighted by Gasteiger charge is 2.18. The molecule has 0 spiro atoms. The van der Waals surface area contributed by atoms with E-state index in [-0.39, 0.29) is 16.8 Å². The first-order valence-electron chi connectivity index (χ1n) is 10.1. The maximum absolute atomic E-state index is 12.9. The summed E-state index contributed by atoms with van der Waals surface area (Å²) in [6.45, 7) is 2.62. The number of carbonyl (C=O) groups is 1. The Morgan fingerprint density at radius 1 is 1.03 bits per heavy atom. The SMILES string of the molecule is CCN(Cc1cccc(C(=N)N)c1)C(=O)Nc1ccc(-c2ccccc2)c(S(C)(=O)=O)c1. The summed E-state index contributed by atoms with van der Waals surface area (Å²) >= 11 is 0. The van der Waals surface area contributed by atoms with Gasteiger partial charge in [0.05, 0.1) is 4.90 Å². The lowest BCUT2D eigenvalue weighted by atomic mass is 10.1. The Balaban J connectivity index is 1.84. The molecule has 0 bridgehead atoms. The van der Waals surface area contributed by atoms with Crippen molar-refractivity contribution in [2.75, 3.05) is 18.1 Å². The molecule has 0 fully saturated rings. The number of rotatable bonds is 7. The highest BCUT2D eigenvalue weighted by Crippen LogP contribution is 2.30. The summed E-state index contributed by atoms with van der Waals surface area (Å²) in [6, 6.07) is 20.9. The van der Waals surface area contributed by atoms with Gasteiger partial charge in [0.25, 0.3) is 0 Å². The zero-order valence-corrected chi connectivity index (χ0v) is 18.8. The number of amidine groups is 1. The number of amides is 2. The first-order chi connectivity index (χ1) is 15.2. The molecule has 0 heterocycles. The topological polar surface area (TPSA) is 116 Å². The summed E-state index contributed by atoms with van der Waals surface area (Å²) in [5, 5.41) is 10.4. The largest absolute Gasteiger partial charge is 0.384 e. The van der Waals surface area contributed by atoms with Crippen molar-refractivity contribution in [1.82, 2.24) is 4.90 Å². The number of hydrogen-bond acceptors (Lipinski definition) is 4. The van der Waals surface area contributed by atoms with Crippen LogP contribution in [-0.4, -0.2) is 38.0 Å². The predicted molar refractivity (Wildman–Crippen MR) is 128 cm³/mol. The summed E-state index contributed by atoms with van der Waals surface area (Å²) in [5.41, 5.74) is 8.74. The van der Waals surface area contributed by atoms with E-state index >= 15 is 0 Å². The van der Waals surface area contributed by atoms with Crippen molar-refractivity contribution in [3.8, 4) is 11.1 Å². The third-order valence-electron chi connectivity index (χ3n) is 5.00. The van der Waals surface area contributed by atoms with E-state index in [4.69, 9.17) is 11.1 Å². The fourth-order valence-electron chi connectivity index (χ4n) is 3.35. The molecule has 0 saturated carbocycles. The van der Waals surface area contributed by atoms with Gasteiger partial charge in [-0.15, -0.1) is 0 Å². The van der Waals surface area contributed by atoms with Gasteiger partial charge in [-0.25, -0.2) is 13.2 Å². The third-order valence-corrected chi connectivity index (χ3v) is 6.13. The van der Waals surface area contributed by atoms with Crippen LogP contribution in [0.15, 0.2) is 77.7 Å².